The van der Waals surface area contributed by atoms with E-state index >= 15 is 0 Å². The number of nitrogens with zero attached hydrogens (tertiary/aromatic N) is 1. The SMILES string of the molecule is Cc1cc(C)cc(Cn2ccc3ccc(CO)cc32)c1. The minimum Gasteiger partial charge on any atom is -0.392 e. The Morgan fingerprint density at radius 1 is 0.900 bits per heavy atom. The van der Waals surface area contributed by atoms with E-state index in [9.17, 15) is 5.11 Å². The average molecular weight is 265 g/mol. The van der Waals surface area contributed by atoms with E-state index in [4.69, 9.17) is 0 Å². The molecule has 0 saturated heterocycles. The maximum Gasteiger partial charge on any atom is 0.0682 e. The van der Waals surface area contributed by atoms with E-state index < -0.39 is 0 Å². The molecule has 1 aromatic heterocycles. The summed E-state index contributed by atoms with van der Waals surface area (Å²) in [4.78, 5) is 0. The predicted octanol–water partition coefficient (Wildman–Crippen LogP) is 3.80. The zero-order chi connectivity index (χ0) is 14.1. The molecule has 0 aliphatic heterocycles. The highest BCUT2D eigenvalue weighted by Gasteiger charge is 2.04. The Morgan fingerprint density at radius 3 is 2.35 bits per heavy atom. The van der Waals surface area contributed by atoms with Crippen LogP contribution >= 0.6 is 0 Å². The van der Waals surface area contributed by atoms with Crippen molar-refractivity contribution in [2.45, 2.75) is 27.0 Å². The van der Waals surface area contributed by atoms with Gasteiger partial charge in [-0.25, -0.2) is 0 Å². The lowest BCUT2D eigenvalue weighted by Crippen LogP contribution is -1.99. The topological polar surface area (TPSA) is 25.2 Å². The Balaban J connectivity index is 2.01. The highest BCUT2D eigenvalue weighted by molar-refractivity contribution is 5.80. The van der Waals surface area contributed by atoms with Gasteiger partial charge in [-0.1, -0.05) is 41.5 Å². The molecule has 0 fully saturated rings. The molecule has 1 heterocycles. The lowest BCUT2D eigenvalue weighted by atomic mass is 10.1. The van der Waals surface area contributed by atoms with Crippen LogP contribution in [0.25, 0.3) is 10.9 Å². The molecule has 0 atom stereocenters. The molecule has 0 radical (unpaired) electrons. The second kappa shape index (κ2) is 5.14. The first kappa shape index (κ1) is 12.9. The van der Waals surface area contributed by atoms with E-state index in [-0.39, 0.29) is 6.61 Å². The summed E-state index contributed by atoms with van der Waals surface area (Å²) in [5.74, 6) is 0. The monoisotopic (exact) mass is 265 g/mol. The molecule has 3 aromatic rings. The first-order chi connectivity index (χ1) is 9.65. The summed E-state index contributed by atoms with van der Waals surface area (Å²) in [6, 6.07) is 14.9. The van der Waals surface area contributed by atoms with Crippen LogP contribution in [0.15, 0.2) is 48.7 Å². The standard InChI is InChI=1S/C18H19NO/c1-13-7-14(2)9-16(8-13)11-19-6-5-17-4-3-15(12-20)10-18(17)19/h3-10,20H,11-12H2,1-2H3. The molecule has 2 nitrogen and oxygen atoms in total. The van der Waals surface area contributed by atoms with Crippen LogP contribution in [0.1, 0.15) is 22.3 Å². The minimum absolute atomic E-state index is 0.0880. The van der Waals surface area contributed by atoms with Crippen LogP contribution in [0, 0.1) is 13.8 Å². The lowest BCUT2D eigenvalue weighted by Gasteiger charge is -2.09. The van der Waals surface area contributed by atoms with Crippen LogP contribution in [0.3, 0.4) is 0 Å². The molecule has 0 saturated carbocycles. The molecular weight excluding hydrogens is 246 g/mol. The summed E-state index contributed by atoms with van der Waals surface area (Å²) in [5, 5.41) is 10.5. The van der Waals surface area contributed by atoms with E-state index in [1.54, 1.807) is 0 Å². The number of hydrogen-bond acceptors (Lipinski definition) is 1. The van der Waals surface area contributed by atoms with Gasteiger partial charge in [-0.05, 0) is 42.5 Å². The van der Waals surface area contributed by atoms with Crippen molar-refractivity contribution < 1.29 is 5.11 Å². The normalized spacial score (nSPS) is 11.2. The minimum atomic E-state index is 0.0880. The summed E-state index contributed by atoms with van der Waals surface area (Å²) >= 11 is 0. The van der Waals surface area contributed by atoms with Crippen molar-refractivity contribution in [3.05, 3.63) is 70.9 Å². The fourth-order valence-corrected chi connectivity index (χ4v) is 2.82. The second-order valence-electron chi connectivity index (χ2n) is 5.49. The Bertz CT molecular complexity index is 735. The number of aryl methyl sites for hydroxylation is 2. The highest BCUT2D eigenvalue weighted by atomic mass is 16.3. The summed E-state index contributed by atoms with van der Waals surface area (Å²) in [6.45, 7) is 5.22. The quantitative estimate of drug-likeness (QED) is 0.765. The van der Waals surface area contributed by atoms with Crippen molar-refractivity contribution in [1.29, 1.82) is 0 Å². The van der Waals surface area contributed by atoms with Crippen molar-refractivity contribution >= 4 is 10.9 Å². The van der Waals surface area contributed by atoms with Gasteiger partial charge in [-0.2, -0.15) is 0 Å². The molecule has 0 bridgehead atoms. The van der Waals surface area contributed by atoms with E-state index in [1.807, 2.05) is 6.07 Å². The van der Waals surface area contributed by atoms with Gasteiger partial charge in [0.25, 0.3) is 0 Å². The van der Waals surface area contributed by atoms with Crippen LogP contribution < -0.4 is 0 Å². The van der Waals surface area contributed by atoms with Crippen LogP contribution in [-0.4, -0.2) is 9.67 Å². The third-order valence-corrected chi connectivity index (χ3v) is 3.66. The van der Waals surface area contributed by atoms with E-state index in [0.29, 0.717) is 0 Å². The van der Waals surface area contributed by atoms with Gasteiger partial charge in [-0.15, -0.1) is 0 Å². The number of benzene rings is 2. The first-order valence-electron chi connectivity index (χ1n) is 6.91. The van der Waals surface area contributed by atoms with Crippen LogP contribution in [-0.2, 0) is 13.2 Å². The molecule has 2 heteroatoms. The van der Waals surface area contributed by atoms with Gasteiger partial charge in [-0.3, -0.25) is 0 Å². The second-order valence-corrected chi connectivity index (χ2v) is 5.49. The Labute approximate surface area is 119 Å². The van der Waals surface area contributed by atoms with Gasteiger partial charge in [0.05, 0.1) is 6.61 Å². The highest BCUT2D eigenvalue weighted by Crippen LogP contribution is 2.20. The van der Waals surface area contributed by atoms with Gasteiger partial charge in [0, 0.05) is 18.3 Å². The van der Waals surface area contributed by atoms with Gasteiger partial charge in [0.2, 0.25) is 0 Å². The number of hydrogen-bond donors (Lipinski definition) is 1. The van der Waals surface area contributed by atoms with Crippen molar-refractivity contribution in [3.63, 3.8) is 0 Å². The summed E-state index contributed by atoms with van der Waals surface area (Å²) in [7, 11) is 0. The third kappa shape index (κ3) is 2.47. The van der Waals surface area contributed by atoms with Crippen molar-refractivity contribution in [2.24, 2.45) is 0 Å². The first-order valence-corrected chi connectivity index (χ1v) is 6.91. The summed E-state index contributed by atoms with van der Waals surface area (Å²) in [6.07, 6.45) is 2.11. The zero-order valence-electron chi connectivity index (χ0n) is 11.9. The lowest BCUT2D eigenvalue weighted by molar-refractivity contribution is 0.282. The molecule has 0 aliphatic carbocycles. The van der Waals surface area contributed by atoms with Gasteiger partial charge < -0.3 is 9.67 Å². The van der Waals surface area contributed by atoms with Crippen molar-refractivity contribution in [1.82, 2.24) is 4.57 Å². The predicted molar refractivity (Wildman–Crippen MR) is 82.9 cm³/mol. The van der Waals surface area contributed by atoms with Gasteiger partial charge in [0.15, 0.2) is 0 Å². The fraction of sp³-hybridized carbons (Fsp3) is 0.222. The molecule has 20 heavy (non-hydrogen) atoms. The maximum absolute atomic E-state index is 9.28. The smallest absolute Gasteiger partial charge is 0.0682 e. The Morgan fingerprint density at radius 2 is 1.65 bits per heavy atom. The van der Waals surface area contributed by atoms with Gasteiger partial charge in [0.1, 0.15) is 0 Å². The maximum atomic E-state index is 9.28. The number of aromatic nitrogens is 1. The summed E-state index contributed by atoms with van der Waals surface area (Å²) < 4.78 is 2.24. The summed E-state index contributed by atoms with van der Waals surface area (Å²) in [5.41, 5.74) is 6.04. The van der Waals surface area contributed by atoms with Crippen molar-refractivity contribution in [3.8, 4) is 0 Å². The molecule has 3 rings (SSSR count). The zero-order valence-corrected chi connectivity index (χ0v) is 11.9. The van der Waals surface area contributed by atoms with Gasteiger partial charge >= 0.3 is 0 Å². The Hall–Kier alpha value is -2.06. The average Bonchev–Trinajstić information content (AvgIpc) is 2.80. The van der Waals surface area contributed by atoms with Crippen LogP contribution in [0.2, 0.25) is 0 Å². The third-order valence-electron chi connectivity index (χ3n) is 3.66. The number of aliphatic hydroxyl groups is 1. The van der Waals surface area contributed by atoms with Crippen LogP contribution in [0.5, 0.6) is 0 Å². The Kier molecular flexibility index (Phi) is 3.33. The fourth-order valence-electron chi connectivity index (χ4n) is 2.82. The molecule has 0 aliphatic rings. The molecule has 0 unspecified atom stereocenters. The molecule has 2 aromatic carbocycles. The van der Waals surface area contributed by atoms with E-state index in [0.717, 1.165) is 12.1 Å². The molecule has 1 N–H and O–H groups in total. The number of fused-ring (bicyclic) bond motifs is 1. The number of aliphatic hydroxyl groups excluding tert-OH is 1. The molecule has 0 spiro atoms. The molecule has 0 amide bonds. The van der Waals surface area contributed by atoms with Crippen molar-refractivity contribution in [2.75, 3.05) is 0 Å². The van der Waals surface area contributed by atoms with E-state index in [2.05, 4.69) is 61.0 Å². The van der Waals surface area contributed by atoms with E-state index in [1.165, 1.54) is 27.6 Å². The van der Waals surface area contributed by atoms with Crippen LogP contribution in [0.4, 0.5) is 0 Å². The molecule has 102 valence electrons. The number of rotatable bonds is 3. The largest absolute Gasteiger partial charge is 0.392 e. The molecular formula is C18H19NO.